The smallest absolute Gasteiger partial charge is 0.328 e. The summed E-state index contributed by atoms with van der Waals surface area (Å²) in [6.07, 6.45) is 3.40. The van der Waals surface area contributed by atoms with Crippen molar-refractivity contribution in [2.75, 3.05) is 0 Å². The van der Waals surface area contributed by atoms with Gasteiger partial charge in [0.2, 0.25) is 0 Å². The predicted octanol–water partition coefficient (Wildman–Crippen LogP) is 2.21. The number of carbonyl (C=O) groups is 2. The summed E-state index contributed by atoms with van der Waals surface area (Å²) in [7, 11) is 0. The van der Waals surface area contributed by atoms with Crippen LogP contribution in [0.5, 0.6) is 0 Å². The number of carboxylic acid groups (broad SMARTS) is 1. The molecule has 0 aliphatic heterocycles. The van der Waals surface area contributed by atoms with Crippen molar-refractivity contribution < 1.29 is 14.7 Å². The van der Waals surface area contributed by atoms with Crippen molar-refractivity contribution >= 4 is 18.3 Å². The van der Waals surface area contributed by atoms with E-state index in [1.54, 1.807) is 12.1 Å². The van der Waals surface area contributed by atoms with E-state index in [2.05, 4.69) is 0 Å². The molecule has 15 heavy (non-hydrogen) atoms. The van der Waals surface area contributed by atoms with Crippen molar-refractivity contribution in [3.63, 3.8) is 0 Å². The molecule has 0 unspecified atom stereocenters. The van der Waals surface area contributed by atoms with Crippen LogP contribution < -0.4 is 0 Å². The van der Waals surface area contributed by atoms with Crippen LogP contribution in [0.25, 0.3) is 6.08 Å². The van der Waals surface area contributed by atoms with Gasteiger partial charge in [0.05, 0.1) is 0 Å². The number of hydrogen-bond donors (Lipinski definition) is 1. The third-order valence-corrected chi connectivity index (χ3v) is 2.15. The van der Waals surface area contributed by atoms with Crippen molar-refractivity contribution in [1.29, 1.82) is 0 Å². The van der Waals surface area contributed by atoms with Crippen molar-refractivity contribution in [1.82, 2.24) is 0 Å². The van der Waals surface area contributed by atoms with Crippen LogP contribution in [0.2, 0.25) is 0 Å². The van der Waals surface area contributed by atoms with E-state index in [9.17, 15) is 9.59 Å². The molecular weight excluding hydrogens is 192 g/mol. The minimum Gasteiger partial charge on any atom is -0.478 e. The lowest BCUT2D eigenvalue weighted by Crippen LogP contribution is -1.93. The molecule has 78 valence electrons. The standard InChI is InChI=1S/C12H12O3/c1-8-5-10(3-4-12(14)15)6-9(2)11(8)7-13/h3-7H,1-2H3,(H,14,15)/b4-3+. The Bertz CT molecular complexity index is 407. The first-order valence-electron chi connectivity index (χ1n) is 4.52. The van der Waals surface area contributed by atoms with Crippen LogP contribution in [-0.4, -0.2) is 17.4 Å². The van der Waals surface area contributed by atoms with E-state index in [-0.39, 0.29) is 0 Å². The summed E-state index contributed by atoms with van der Waals surface area (Å²) in [5, 5.41) is 8.47. The monoisotopic (exact) mass is 204 g/mol. The number of aliphatic carboxylic acids is 1. The molecule has 0 bridgehead atoms. The summed E-state index contributed by atoms with van der Waals surface area (Å²) in [6, 6.07) is 3.58. The molecule has 0 heterocycles. The van der Waals surface area contributed by atoms with Gasteiger partial charge in [0, 0.05) is 11.6 Å². The molecule has 3 heteroatoms. The van der Waals surface area contributed by atoms with E-state index in [1.807, 2.05) is 13.8 Å². The molecule has 0 atom stereocenters. The van der Waals surface area contributed by atoms with Gasteiger partial charge in [-0.05, 0) is 36.6 Å². The molecular formula is C12H12O3. The van der Waals surface area contributed by atoms with Gasteiger partial charge in [0.15, 0.2) is 6.29 Å². The average molecular weight is 204 g/mol. The fourth-order valence-corrected chi connectivity index (χ4v) is 1.46. The Kier molecular flexibility index (Phi) is 3.39. The van der Waals surface area contributed by atoms with E-state index in [4.69, 9.17) is 5.11 Å². The van der Waals surface area contributed by atoms with Gasteiger partial charge in [-0.3, -0.25) is 4.79 Å². The van der Waals surface area contributed by atoms with Gasteiger partial charge in [-0.1, -0.05) is 12.1 Å². The summed E-state index contributed by atoms with van der Waals surface area (Å²) >= 11 is 0. The second-order valence-electron chi connectivity index (χ2n) is 3.36. The van der Waals surface area contributed by atoms with Crippen LogP contribution in [0.1, 0.15) is 27.0 Å². The number of benzene rings is 1. The molecule has 0 aliphatic carbocycles. The lowest BCUT2D eigenvalue weighted by atomic mass is 10.00. The van der Waals surface area contributed by atoms with Crippen molar-refractivity contribution in [3.8, 4) is 0 Å². The van der Waals surface area contributed by atoms with Crippen molar-refractivity contribution in [2.45, 2.75) is 13.8 Å². The van der Waals surface area contributed by atoms with E-state index in [1.165, 1.54) is 6.08 Å². The highest BCUT2D eigenvalue weighted by molar-refractivity contribution is 5.86. The van der Waals surface area contributed by atoms with Gasteiger partial charge < -0.3 is 5.11 Å². The van der Waals surface area contributed by atoms with Gasteiger partial charge in [-0.2, -0.15) is 0 Å². The Labute approximate surface area is 88.0 Å². The second-order valence-corrected chi connectivity index (χ2v) is 3.36. The van der Waals surface area contributed by atoms with E-state index >= 15 is 0 Å². The highest BCUT2D eigenvalue weighted by Gasteiger charge is 2.02. The number of rotatable bonds is 3. The minimum absolute atomic E-state index is 0.669. The predicted molar refractivity (Wildman–Crippen MR) is 58.0 cm³/mol. The van der Waals surface area contributed by atoms with Crippen LogP contribution in [0.3, 0.4) is 0 Å². The first-order valence-corrected chi connectivity index (χ1v) is 4.52. The number of carbonyl (C=O) groups excluding carboxylic acids is 1. The Morgan fingerprint density at radius 3 is 2.20 bits per heavy atom. The van der Waals surface area contributed by atoms with E-state index < -0.39 is 5.97 Å². The minimum atomic E-state index is -0.982. The fraction of sp³-hybridized carbons (Fsp3) is 0.167. The zero-order valence-electron chi connectivity index (χ0n) is 8.65. The zero-order valence-corrected chi connectivity index (χ0v) is 8.65. The van der Waals surface area contributed by atoms with E-state index in [0.717, 1.165) is 29.1 Å². The third kappa shape index (κ3) is 2.77. The molecule has 0 spiro atoms. The van der Waals surface area contributed by atoms with Gasteiger partial charge in [0.1, 0.15) is 0 Å². The second kappa shape index (κ2) is 4.55. The van der Waals surface area contributed by atoms with Crippen LogP contribution >= 0.6 is 0 Å². The maximum atomic E-state index is 10.7. The number of hydrogen-bond acceptors (Lipinski definition) is 2. The Morgan fingerprint density at radius 1 is 1.27 bits per heavy atom. The van der Waals surface area contributed by atoms with Gasteiger partial charge in [-0.25, -0.2) is 4.79 Å². The molecule has 1 N–H and O–H groups in total. The Balaban J connectivity index is 3.14. The van der Waals surface area contributed by atoms with Gasteiger partial charge >= 0.3 is 5.97 Å². The van der Waals surface area contributed by atoms with Crippen molar-refractivity contribution in [3.05, 3.63) is 40.5 Å². The van der Waals surface area contributed by atoms with Crippen molar-refractivity contribution in [2.24, 2.45) is 0 Å². The summed E-state index contributed by atoms with van der Waals surface area (Å²) in [5.41, 5.74) is 3.17. The molecule has 1 aromatic rings. The maximum Gasteiger partial charge on any atom is 0.328 e. The molecule has 0 saturated heterocycles. The maximum absolute atomic E-state index is 10.7. The summed E-state index contributed by atoms with van der Waals surface area (Å²) < 4.78 is 0. The topological polar surface area (TPSA) is 54.4 Å². The molecule has 1 aromatic carbocycles. The number of carboxylic acids is 1. The lowest BCUT2D eigenvalue weighted by molar-refractivity contribution is -0.131. The molecule has 0 fully saturated rings. The first kappa shape index (κ1) is 11.2. The normalized spacial score (nSPS) is 10.5. The van der Waals surface area contributed by atoms with Gasteiger partial charge in [0.25, 0.3) is 0 Å². The summed E-state index contributed by atoms with van der Waals surface area (Å²) in [4.78, 5) is 21.0. The molecule has 0 aromatic heterocycles. The van der Waals surface area contributed by atoms with Crippen LogP contribution in [0.15, 0.2) is 18.2 Å². The SMILES string of the molecule is Cc1cc(/C=C/C(=O)O)cc(C)c1C=O. The third-order valence-electron chi connectivity index (χ3n) is 2.15. The van der Waals surface area contributed by atoms with Crippen LogP contribution in [0.4, 0.5) is 0 Å². The van der Waals surface area contributed by atoms with Crippen LogP contribution in [-0.2, 0) is 4.79 Å². The Morgan fingerprint density at radius 2 is 1.80 bits per heavy atom. The lowest BCUT2D eigenvalue weighted by Gasteiger charge is -2.04. The zero-order chi connectivity index (χ0) is 11.4. The summed E-state index contributed by atoms with van der Waals surface area (Å²) in [5.74, 6) is -0.982. The number of aldehydes is 1. The number of aryl methyl sites for hydroxylation is 2. The van der Waals surface area contributed by atoms with E-state index in [0.29, 0.717) is 5.56 Å². The molecule has 1 rings (SSSR count). The quantitative estimate of drug-likeness (QED) is 0.606. The first-order chi connectivity index (χ1) is 7.04. The molecule has 0 saturated carbocycles. The molecule has 0 amide bonds. The highest BCUT2D eigenvalue weighted by atomic mass is 16.4. The molecule has 3 nitrogen and oxygen atoms in total. The average Bonchev–Trinajstić information content (AvgIpc) is 2.14. The Hall–Kier alpha value is -1.90. The highest BCUT2D eigenvalue weighted by Crippen LogP contribution is 2.15. The summed E-state index contributed by atoms with van der Waals surface area (Å²) in [6.45, 7) is 3.66. The van der Waals surface area contributed by atoms with Gasteiger partial charge in [-0.15, -0.1) is 0 Å². The fourth-order valence-electron chi connectivity index (χ4n) is 1.46. The molecule has 0 radical (unpaired) electrons. The van der Waals surface area contributed by atoms with Crippen LogP contribution in [0, 0.1) is 13.8 Å². The molecule has 0 aliphatic rings. The largest absolute Gasteiger partial charge is 0.478 e.